The van der Waals surface area contributed by atoms with Crippen LogP contribution in [-0.2, 0) is 16.6 Å². The van der Waals surface area contributed by atoms with Crippen molar-refractivity contribution in [3.63, 3.8) is 0 Å². The summed E-state index contributed by atoms with van der Waals surface area (Å²) < 4.78 is 27.5. The fourth-order valence-corrected chi connectivity index (χ4v) is 6.95. The maximum atomic E-state index is 12.2. The summed E-state index contributed by atoms with van der Waals surface area (Å²) in [7, 11) is -3.20. The summed E-state index contributed by atoms with van der Waals surface area (Å²) in [6.07, 6.45) is 9.69. The van der Waals surface area contributed by atoms with Crippen LogP contribution in [0, 0.1) is 11.3 Å². The number of aliphatic hydroxyl groups is 1. The van der Waals surface area contributed by atoms with E-state index in [1.54, 1.807) is 24.0 Å². The predicted molar refractivity (Wildman–Crippen MR) is 162 cm³/mol. The predicted octanol–water partition coefficient (Wildman–Crippen LogP) is 3.86. The summed E-state index contributed by atoms with van der Waals surface area (Å²) in [5, 5.41) is 31.8. The number of anilines is 1. The summed E-state index contributed by atoms with van der Waals surface area (Å²) in [6.45, 7) is 5.14. The summed E-state index contributed by atoms with van der Waals surface area (Å²) >= 11 is 6.67. The average molecular weight is 613 g/mol. The van der Waals surface area contributed by atoms with Gasteiger partial charge in [-0.15, -0.1) is 0 Å². The molecule has 0 atom stereocenters. The van der Waals surface area contributed by atoms with Gasteiger partial charge in [-0.05, 0) is 70.1 Å². The number of nitrogens with one attached hydrogen (secondary N) is 2. The third-order valence-electron chi connectivity index (χ3n) is 8.23. The molecule has 11 nitrogen and oxygen atoms in total. The summed E-state index contributed by atoms with van der Waals surface area (Å²) in [6, 6.07) is 8.42. The molecule has 5 rings (SSSR count). The molecule has 3 N–H and O–H groups in total. The van der Waals surface area contributed by atoms with Crippen molar-refractivity contribution in [1.29, 1.82) is 5.26 Å². The molecule has 42 heavy (non-hydrogen) atoms. The van der Waals surface area contributed by atoms with Crippen molar-refractivity contribution in [1.82, 2.24) is 29.4 Å². The first-order valence-corrected chi connectivity index (χ1v) is 16.4. The molecule has 1 aliphatic heterocycles. The normalized spacial score (nSPS) is 22.1. The van der Waals surface area contributed by atoms with E-state index in [1.807, 2.05) is 25.1 Å². The quantitative estimate of drug-likeness (QED) is 0.327. The maximum Gasteiger partial charge on any atom is 0.223 e. The van der Waals surface area contributed by atoms with Crippen molar-refractivity contribution in [2.45, 2.75) is 76.6 Å². The highest BCUT2D eigenvalue weighted by molar-refractivity contribution is 7.89. The van der Waals surface area contributed by atoms with Gasteiger partial charge < -0.3 is 15.7 Å². The highest BCUT2D eigenvalue weighted by atomic mass is 35.5. The number of halogens is 1. The van der Waals surface area contributed by atoms with Crippen LogP contribution in [0.2, 0.25) is 5.02 Å². The largest absolute Gasteiger partial charge is 0.390 e. The van der Waals surface area contributed by atoms with E-state index in [0.717, 1.165) is 31.2 Å². The first-order valence-electron chi connectivity index (χ1n) is 14.4. The number of hydrogen-bond donors (Lipinski definition) is 3. The molecule has 13 heteroatoms. The SMILES string of the molecule is CCS(=O)(=O)N1CCC(Nc2ncc(C#N)c(-c3cnn(-c4ccc(CN[C@H]5CC[C@](C)(O)CC5)cc4Cl)c3)n2)CC1. The number of nitriles is 1. The Kier molecular flexibility index (Phi) is 9.15. The van der Waals surface area contributed by atoms with Crippen LogP contribution in [0.5, 0.6) is 0 Å². The van der Waals surface area contributed by atoms with E-state index in [4.69, 9.17) is 11.6 Å². The lowest BCUT2D eigenvalue weighted by atomic mass is 9.83. The Morgan fingerprint density at radius 3 is 2.57 bits per heavy atom. The second-order valence-electron chi connectivity index (χ2n) is 11.4. The maximum absolute atomic E-state index is 12.2. The van der Waals surface area contributed by atoms with E-state index >= 15 is 0 Å². The minimum Gasteiger partial charge on any atom is -0.390 e. The summed E-state index contributed by atoms with van der Waals surface area (Å²) in [4.78, 5) is 8.94. The number of sulfonamides is 1. The van der Waals surface area contributed by atoms with Gasteiger partial charge in [-0.2, -0.15) is 10.4 Å². The topological polar surface area (TPSA) is 149 Å². The molecule has 2 aromatic heterocycles. The number of rotatable bonds is 9. The van der Waals surface area contributed by atoms with Crippen molar-refractivity contribution in [2.24, 2.45) is 0 Å². The molecular formula is C29H37ClN8O3S. The van der Waals surface area contributed by atoms with Gasteiger partial charge in [0.1, 0.15) is 6.07 Å². The van der Waals surface area contributed by atoms with Crippen LogP contribution in [0.3, 0.4) is 0 Å². The molecule has 2 fully saturated rings. The summed E-state index contributed by atoms with van der Waals surface area (Å²) in [5.74, 6) is 0.476. The molecule has 0 spiro atoms. The van der Waals surface area contributed by atoms with Gasteiger partial charge in [0, 0.05) is 43.5 Å². The average Bonchev–Trinajstić information content (AvgIpc) is 3.47. The van der Waals surface area contributed by atoms with E-state index < -0.39 is 15.6 Å². The van der Waals surface area contributed by atoms with Gasteiger partial charge in [0.05, 0.1) is 45.7 Å². The van der Waals surface area contributed by atoms with Gasteiger partial charge in [-0.25, -0.2) is 27.4 Å². The molecule has 0 amide bonds. The zero-order valence-electron chi connectivity index (χ0n) is 23.9. The molecule has 2 aliphatic rings. The van der Waals surface area contributed by atoms with Gasteiger partial charge in [-0.1, -0.05) is 17.7 Å². The van der Waals surface area contributed by atoms with Crippen molar-refractivity contribution in [2.75, 3.05) is 24.2 Å². The van der Waals surface area contributed by atoms with Crippen LogP contribution in [0.15, 0.2) is 36.8 Å². The van der Waals surface area contributed by atoms with Crippen molar-refractivity contribution in [3.8, 4) is 23.0 Å². The van der Waals surface area contributed by atoms with Crippen LogP contribution < -0.4 is 10.6 Å². The monoisotopic (exact) mass is 612 g/mol. The minimum atomic E-state index is -3.20. The molecule has 224 valence electrons. The lowest BCUT2D eigenvalue weighted by Gasteiger charge is -2.33. The zero-order chi connectivity index (χ0) is 29.9. The third-order valence-corrected chi connectivity index (χ3v) is 10.4. The van der Waals surface area contributed by atoms with Crippen LogP contribution in [-0.4, -0.2) is 74.1 Å². The van der Waals surface area contributed by atoms with Gasteiger partial charge in [0.15, 0.2) is 0 Å². The highest BCUT2D eigenvalue weighted by Crippen LogP contribution is 2.29. The molecule has 1 saturated carbocycles. The molecule has 3 aromatic rings. The number of nitrogens with zero attached hydrogens (tertiary/aromatic N) is 6. The Bertz CT molecular complexity index is 1550. The second-order valence-corrected chi connectivity index (χ2v) is 14.1. The second kappa shape index (κ2) is 12.7. The molecule has 0 unspecified atom stereocenters. The van der Waals surface area contributed by atoms with E-state index in [1.165, 1.54) is 10.5 Å². The molecule has 1 aliphatic carbocycles. The Morgan fingerprint density at radius 2 is 1.90 bits per heavy atom. The third kappa shape index (κ3) is 7.10. The van der Waals surface area contributed by atoms with Crippen molar-refractivity contribution >= 4 is 27.6 Å². The number of benzene rings is 1. The Morgan fingerprint density at radius 1 is 1.17 bits per heavy atom. The van der Waals surface area contributed by atoms with Crippen molar-refractivity contribution in [3.05, 3.63) is 52.9 Å². The van der Waals surface area contributed by atoms with Crippen LogP contribution >= 0.6 is 11.6 Å². The van der Waals surface area contributed by atoms with E-state index in [2.05, 4.69) is 31.8 Å². The molecular weight excluding hydrogens is 576 g/mol. The minimum absolute atomic E-state index is 0.0246. The fraction of sp³-hybridized carbons (Fsp3) is 0.517. The molecule has 1 aromatic carbocycles. The van der Waals surface area contributed by atoms with Crippen LogP contribution in [0.1, 0.15) is 63.5 Å². The van der Waals surface area contributed by atoms with E-state index in [0.29, 0.717) is 72.0 Å². The molecule has 1 saturated heterocycles. The van der Waals surface area contributed by atoms with Crippen molar-refractivity contribution < 1.29 is 13.5 Å². The van der Waals surface area contributed by atoms with E-state index in [9.17, 15) is 18.8 Å². The zero-order valence-corrected chi connectivity index (χ0v) is 25.5. The lowest BCUT2D eigenvalue weighted by molar-refractivity contribution is 0.0140. The molecule has 3 heterocycles. The van der Waals surface area contributed by atoms with E-state index in [-0.39, 0.29) is 11.8 Å². The van der Waals surface area contributed by atoms with Crippen LogP contribution in [0.25, 0.3) is 16.9 Å². The van der Waals surface area contributed by atoms with Gasteiger partial charge >= 0.3 is 0 Å². The number of piperidine rings is 1. The lowest BCUT2D eigenvalue weighted by Crippen LogP contribution is -2.43. The Hall–Kier alpha value is -3.08. The Labute approximate surface area is 252 Å². The first-order chi connectivity index (χ1) is 20.1. The first kappa shape index (κ1) is 30.4. The number of aromatic nitrogens is 4. The smallest absolute Gasteiger partial charge is 0.223 e. The highest BCUT2D eigenvalue weighted by Gasteiger charge is 2.29. The van der Waals surface area contributed by atoms with Gasteiger partial charge in [0.25, 0.3) is 0 Å². The van der Waals surface area contributed by atoms with Gasteiger partial charge in [0.2, 0.25) is 16.0 Å². The summed E-state index contributed by atoms with van der Waals surface area (Å²) in [5.41, 5.74) is 2.64. The number of hydrogen-bond acceptors (Lipinski definition) is 9. The fourth-order valence-electron chi connectivity index (χ4n) is 5.53. The van der Waals surface area contributed by atoms with Crippen LogP contribution in [0.4, 0.5) is 5.95 Å². The molecule has 0 bridgehead atoms. The molecule has 0 radical (unpaired) electrons. The standard InChI is InChI=1S/C29H37ClN8O3S/c1-3-42(40,41)37-12-8-24(9-13-37)35-28-33-17-21(15-31)27(36-28)22-18-34-38(19-22)26-5-4-20(14-25(26)30)16-32-23-6-10-29(2,39)11-7-23/h4-5,14,17-19,23-24,32,39H,3,6-13,16H2,1-2H3,(H,33,35,36)/t23-,29-. The van der Waals surface area contributed by atoms with Gasteiger partial charge in [-0.3, -0.25) is 0 Å². The Balaban J connectivity index is 1.25.